The lowest BCUT2D eigenvalue weighted by molar-refractivity contribution is -0.122. The molecule has 0 spiro atoms. The highest BCUT2D eigenvalue weighted by molar-refractivity contribution is 5.82. The largest absolute Gasteiger partial charge is 0.496 e. The molecule has 0 saturated heterocycles. The molecule has 0 radical (unpaired) electrons. The predicted octanol–water partition coefficient (Wildman–Crippen LogP) is 2.36. The predicted molar refractivity (Wildman–Crippen MR) is 87.8 cm³/mol. The van der Waals surface area contributed by atoms with Gasteiger partial charge in [0, 0.05) is 6.54 Å². The molecule has 0 heterocycles. The number of hydrogen-bond donors (Lipinski definition) is 2. The summed E-state index contributed by atoms with van der Waals surface area (Å²) in [5.41, 5.74) is 8.99. The molecule has 1 unspecified atom stereocenters. The summed E-state index contributed by atoms with van der Waals surface area (Å²) in [6.45, 7) is 2.55. The van der Waals surface area contributed by atoms with Gasteiger partial charge in [0.1, 0.15) is 11.8 Å². The number of hydrogen-bond acceptors (Lipinski definition) is 3. The van der Waals surface area contributed by atoms with E-state index in [2.05, 4.69) is 5.32 Å². The Morgan fingerprint density at radius 3 is 2.64 bits per heavy atom. The van der Waals surface area contributed by atoms with E-state index in [4.69, 9.17) is 10.5 Å². The number of rotatable bonds is 6. The Labute approximate surface area is 131 Å². The second kappa shape index (κ2) is 7.61. The molecule has 1 amide bonds. The number of nitrogens with two attached hydrogens (primary N) is 1. The number of nitrogens with one attached hydrogen (secondary N) is 1. The Morgan fingerprint density at radius 1 is 1.23 bits per heavy atom. The van der Waals surface area contributed by atoms with Gasteiger partial charge in [-0.2, -0.15) is 0 Å². The van der Waals surface area contributed by atoms with Crippen molar-refractivity contribution in [2.75, 3.05) is 13.7 Å². The summed E-state index contributed by atoms with van der Waals surface area (Å²) in [7, 11) is 1.66. The number of benzene rings is 2. The second-order valence-electron chi connectivity index (χ2n) is 5.23. The van der Waals surface area contributed by atoms with E-state index in [1.165, 1.54) is 0 Å². The highest BCUT2D eigenvalue weighted by Crippen LogP contribution is 2.19. The van der Waals surface area contributed by atoms with Crippen molar-refractivity contribution in [3.8, 4) is 5.75 Å². The zero-order valence-electron chi connectivity index (χ0n) is 13.0. The highest BCUT2D eigenvalue weighted by atomic mass is 16.5. The van der Waals surface area contributed by atoms with Crippen LogP contribution in [0, 0.1) is 6.92 Å². The van der Waals surface area contributed by atoms with E-state index in [-0.39, 0.29) is 5.91 Å². The SMILES string of the molecule is COc1cc(CCNC(=O)C(N)c2ccccc2)ccc1C. The molecule has 1 atom stereocenters. The van der Waals surface area contributed by atoms with Gasteiger partial charge in [0.2, 0.25) is 5.91 Å². The third-order valence-electron chi connectivity index (χ3n) is 3.63. The number of carbonyl (C=O) groups is 1. The molecule has 0 aliphatic carbocycles. The first kappa shape index (κ1) is 16.0. The summed E-state index contributed by atoms with van der Waals surface area (Å²) < 4.78 is 5.30. The minimum absolute atomic E-state index is 0.162. The fraction of sp³-hybridized carbons (Fsp3) is 0.278. The van der Waals surface area contributed by atoms with Crippen molar-refractivity contribution in [1.29, 1.82) is 0 Å². The lowest BCUT2D eigenvalue weighted by Crippen LogP contribution is -2.35. The van der Waals surface area contributed by atoms with Crippen LogP contribution in [0.2, 0.25) is 0 Å². The van der Waals surface area contributed by atoms with Crippen LogP contribution in [-0.4, -0.2) is 19.6 Å². The molecule has 0 aromatic heterocycles. The van der Waals surface area contributed by atoms with Gasteiger partial charge in [-0.05, 0) is 36.1 Å². The first-order chi connectivity index (χ1) is 10.6. The lowest BCUT2D eigenvalue weighted by Gasteiger charge is -2.13. The van der Waals surface area contributed by atoms with Crippen molar-refractivity contribution in [2.45, 2.75) is 19.4 Å². The quantitative estimate of drug-likeness (QED) is 0.860. The van der Waals surface area contributed by atoms with Gasteiger partial charge in [-0.25, -0.2) is 0 Å². The molecular weight excluding hydrogens is 276 g/mol. The zero-order chi connectivity index (χ0) is 15.9. The molecule has 2 rings (SSSR count). The highest BCUT2D eigenvalue weighted by Gasteiger charge is 2.14. The van der Waals surface area contributed by atoms with Crippen molar-refractivity contribution in [3.05, 3.63) is 65.2 Å². The third-order valence-corrected chi connectivity index (χ3v) is 3.63. The number of ether oxygens (including phenoxy) is 1. The maximum absolute atomic E-state index is 12.1. The number of methoxy groups -OCH3 is 1. The van der Waals surface area contributed by atoms with Crippen LogP contribution >= 0.6 is 0 Å². The zero-order valence-corrected chi connectivity index (χ0v) is 13.0. The summed E-state index contributed by atoms with van der Waals surface area (Å²) in [5, 5.41) is 2.88. The Bertz CT molecular complexity index is 626. The van der Waals surface area contributed by atoms with Crippen LogP contribution in [0.3, 0.4) is 0 Å². The van der Waals surface area contributed by atoms with E-state index < -0.39 is 6.04 Å². The second-order valence-corrected chi connectivity index (χ2v) is 5.23. The normalized spacial score (nSPS) is 11.8. The summed E-state index contributed by atoms with van der Waals surface area (Å²) in [5.74, 6) is 0.704. The van der Waals surface area contributed by atoms with E-state index in [9.17, 15) is 4.79 Å². The van der Waals surface area contributed by atoms with Crippen molar-refractivity contribution >= 4 is 5.91 Å². The average Bonchev–Trinajstić information content (AvgIpc) is 2.56. The van der Waals surface area contributed by atoms with E-state index in [0.29, 0.717) is 6.54 Å². The fourth-order valence-electron chi connectivity index (χ4n) is 2.27. The van der Waals surface area contributed by atoms with E-state index >= 15 is 0 Å². The summed E-state index contributed by atoms with van der Waals surface area (Å²) in [6, 6.07) is 14.8. The molecule has 0 fully saturated rings. The standard InChI is InChI=1S/C18H22N2O2/c1-13-8-9-14(12-16(13)22-2)10-11-20-18(21)17(19)15-6-4-3-5-7-15/h3-9,12,17H,10-11,19H2,1-2H3,(H,20,21). The van der Waals surface area contributed by atoms with Crippen molar-refractivity contribution < 1.29 is 9.53 Å². The molecule has 4 nitrogen and oxygen atoms in total. The molecule has 2 aromatic rings. The molecule has 0 saturated carbocycles. The summed E-state index contributed by atoms with van der Waals surface area (Å²) in [4.78, 5) is 12.1. The Hall–Kier alpha value is -2.33. The fourth-order valence-corrected chi connectivity index (χ4v) is 2.27. The molecule has 116 valence electrons. The van der Waals surface area contributed by atoms with Gasteiger partial charge in [0.15, 0.2) is 0 Å². The number of amides is 1. The van der Waals surface area contributed by atoms with Gasteiger partial charge in [-0.15, -0.1) is 0 Å². The Morgan fingerprint density at radius 2 is 1.95 bits per heavy atom. The third kappa shape index (κ3) is 4.09. The number of carbonyl (C=O) groups excluding carboxylic acids is 1. The topological polar surface area (TPSA) is 64.3 Å². The first-order valence-electron chi connectivity index (χ1n) is 7.33. The molecule has 22 heavy (non-hydrogen) atoms. The van der Waals surface area contributed by atoms with Crippen LogP contribution in [0.25, 0.3) is 0 Å². The van der Waals surface area contributed by atoms with Crippen LogP contribution in [0.15, 0.2) is 48.5 Å². The van der Waals surface area contributed by atoms with Crippen LogP contribution in [0.4, 0.5) is 0 Å². The van der Waals surface area contributed by atoms with Crippen molar-refractivity contribution in [2.24, 2.45) is 5.73 Å². The average molecular weight is 298 g/mol. The van der Waals surface area contributed by atoms with Gasteiger partial charge < -0.3 is 15.8 Å². The van der Waals surface area contributed by atoms with Gasteiger partial charge in [0.05, 0.1) is 7.11 Å². The monoisotopic (exact) mass is 298 g/mol. The Balaban J connectivity index is 1.87. The van der Waals surface area contributed by atoms with E-state index in [1.807, 2.05) is 55.5 Å². The first-order valence-corrected chi connectivity index (χ1v) is 7.33. The van der Waals surface area contributed by atoms with Gasteiger partial charge in [-0.1, -0.05) is 42.5 Å². The summed E-state index contributed by atoms with van der Waals surface area (Å²) >= 11 is 0. The van der Waals surface area contributed by atoms with Crippen LogP contribution < -0.4 is 15.8 Å². The van der Waals surface area contributed by atoms with Crippen molar-refractivity contribution in [1.82, 2.24) is 5.32 Å². The van der Waals surface area contributed by atoms with Crippen LogP contribution in [0.5, 0.6) is 5.75 Å². The Kier molecular flexibility index (Phi) is 5.55. The van der Waals surface area contributed by atoms with E-state index in [0.717, 1.165) is 28.9 Å². The maximum atomic E-state index is 12.1. The molecule has 0 bridgehead atoms. The number of aryl methyl sites for hydroxylation is 1. The maximum Gasteiger partial charge on any atom is 0.241 e. The van der Waals surface area contributed by atoms with Crippen LogP contribution in [0.1, 0.15) is 22.7 Å². The van der Waals surface area contributed by atoms with Gasteiger partial charge in [-0.3, -0.25) is 4.79 Å². The minimum atomic E-state index is -0.631. The lowest BCUT2D eigenvalue weighted by atomic mass is 10.1. The molecule has 3 N–H and O–H groups in total. The summed E-state index contributed by atoms with van der Waals surface area (Å²) in [6.07, 6.45) is 0.740. The van der Waals surface area contributed by atoms with Gasteiger partial charge >= 0.3 is 0 Å². The van der Waals surface area contributed by atoms with E-state index in [1.54, 1.807) is 7.11 Å². The molecule has 0 aliphatic heterocycles. The minimum Gasteiger partial charge on any atom is -0.496 e. The van der Waals surface area contributed by atoms with Crippen LogP contribution in [-0.2, 0) is 11.2 Å². The van der Waals surface area contributed by atoms with Gasteiger partial charge in [0.25, 0.3) is 0 Å². The smallest absolute Gasteiger partial charge is 0.241 e. The molecular formula is C18H22N2O2. The van der Waals surface area contributed by atoms with Crippen molar-refractivity contribution in [3.63, 3.8) is 0 Å². The molecule has 4 heteroatoms. The molecule has 2 aromatic carbocycles. The molecule has 0 aliphatic rings.